The van der Waals surface area contributed by atoms with Crippen molar-refractivity contribution in [3.8, 4) is 5.75 Å². The Morgan fingerprint density at radius 2 is 1.96 bits per heavy atom. The zero-order valence-electron chi connectivity index (χ0n) is 13.9. The molecule has 3 heterocycles. The molecule has 4 rings (SSSR count). The Morgan fingerprint density at radius 1 is 1.15 bits per heavy atom. The molecular weight excluding hydrogens is 386 g/mol. The van der Waals surface area contributed by atoms with Gasteiger partial charge in [-0.3, -0.25) is 4.98 Å². The molecule has 1 aliphatic heterocycles. The fourth-order valence-corrected chi connectivity index (χ4v) is 4.75. The zero-order valence-corrected chi connectivity index (χ0v) is 16.3. The highest BCUT2D eigenvalue weighted by atomic mass is 35.5. The van der Waals surface area contributed by atoms with Gasteiger partial charge in [-0.15, -0.1) is 11.3 Å². The summed E-state index contributed by atoms with van der Waals surface area (Å²) in [6, 6.07) is 17.6. The molecule has 4 nitrogen and oxygen atoms in total. The van der Waals surface area contributed by atoms with E-state index < -0.39 is 0 Å². The van der Waals surface area contributed by atoms with Gasteiger partial charge in [0.25, 0.3) is 0 Å². The number of rotatable bonds is 4. The Kier molecular flexibility index (Phi) is 4.80. The summed E-state index contributed by atoms with van der Waals surface area (Å²) in [5.41, 5.74) is 1.85. The summed E-state index contributed by atoms with van der Waals surface area (Å²) in [5.74, 6) is 0.769. The first-order valence-electron chi connectivity index (χ1n) is 8.08. The average molecular weight is 402 g/mol. The SMILES string of the molecule is COc1ccccc1N1C(=S)N[C@@H](c2ccccn2)[C@H]1c1ccc(Cl)s1. The number of nitrogens with one attached hydrogen (secondary N) is 1. The molecule has 3 aromatic rings. The molecule has 0 aliphatic carbocycles. The molecular formula is C19H16ClN3OS2. The molecule has 0 spiro atoms. The topological polar surface area (TPSA) is 37.4 Å². The van der Waals surface area contributed by atoms with Crippen molar-refractivity contribution in [3.05, 3.63) is 75.7 Å². The third-order valence-corrected chi connectivity index (χ3v) is 5.94. The monoisotopic (exact) mass is 401 g/mol. The second-order valence-corrected chi connectivity index (χ2v) is 7.94. The van der Waals surface area contributed by atoms with Crippen LogP contribution < -0.4 is 15.0 Å². The molecule has 1 fully saturated rings. The second-order valence-electron chi connectivity index (χ2n) is 5.81. The van der Waals surface area contributed by atoms with Crippen molar-refractivity contribution in [3.63, 3.8) is 0 Å². The smallest absolute Gasteiger partial charge is 0.174 e. The largest absolute Gasteiger partial charge is 0.495 e. The van der Waals surface area contributed by atoms with Gasteiger partial charge in [-0.25, -0.2) is 0 Å². The minimum absolute atomic E-state index is 0.0637. The number of ether oxygens (including phenoxy) is 1. The first kappa shape index (κ1) is 17.3. The summed E-state index contributed by atoms with van der Waals surface area (Å²) in [4.78, 5) is 7.75. The maximum absolute atomic E-state index is 6.23. The average Bonchev–Trinajstić information content (AvgIpc) is 3.25. The Balaban J connectivity index is 1.85. The number of thiocarbonyl (C=S) groups is 1. The quantitative estimate of drug-likeness (QED) is 0.624. The van der Waals surface area contributed by atoms with Crippen LogP contribution in [0.2, 0.25) is 4.34 Å². The van der Waals surface area contributed by atoms with Crippen LogP contribution in [0.25, 0.3) is 0 Å². The number of halogens is 1. The van der Waals surface area contributed by atoms with E-state index in [0.717, 1.165) is 26.3 Å². The number of para-hydroxylation sites is 2. The number of pyridine rings is 1. The molecule has 0 bridgehead atoms. The number of benzene rings is 1. The Hall–Kier alpha value is -2.15. The van der Waals surface area contributed by atoms with E-state index in [9.17, 15) is 0 Å². The Morgan fingerprint density at radius 3 is 2.65 bits per heavy atom. The summed E-state index contributed by atoms with van der Waals surface area (Å²) in [5, 5.41) is 4.07. The number of aromatic nitrogens is 1. The summed E-state index contributed by atoms with van der Waals surface area (Å²) in [7, 11) is 1.67. The molecule has 7 heteroatoms. The predicted octanol–water partition coefficient (Wildman–Crippen LogP) is 4.98. The van der Waals surface area contributed by atoms with Gasteiger partial charge in [0.05, 0.1) is 34.9 Å². The van der Waals surface area contributed by atoms with Crippen LogP contribution in [0, 0.1) is 0 Å². The van der Waals surface area contributed by atoms with Gasteiger partial charge in [0.15, 0.2) is 5.11 Å². The van der Waals surface area contributed by atoms with Gasteiger partial charge in [-0.05, 0) is 48.6 Å². The van der Waals surface area contributed by atoms with E-state index in [0.29, 0.717) is 5.11 Å². The predicted molar refractivity (Wildman–Crippen MR) is 110 cm³/mol. The fourth-order valence-electron chi connectivity index (χ4n) is 3.22. The van der Waals surface area contributed by atoms with Crippen molar-refractivity contribution in [2.75, 3.05) is 12.0 Å². The van der Waals surface area contributed by atoms with Gasteiger partial charge in [0.1, 0.15) is 5.75 Å². The standard InChI is InChI=1S/C19H16ClN3OS2/c1-24-14-8-3-2-7-13(14)23-18(15-9-10-16(20)26-15)17(22-19(23)25)12-6-4-5-11-21-12/h2-11,17-18H,1H3,(H,22,25)/t17-,18+/m0/s1. The van der Waals surface area contributed by atoms with Gasteiger partial charge in [0.2, 0.25) is 0 Å². The van der Waals surface area contributed by atoms with E-state index in [4.69, 9.17) is 28.6 Å². The summed E-state index contributed by atoms with van der Waals surface area (Å²) >= 11 is 13.5. The van der Waals surface area contributed by atoms with Crippen LogP contribution in [0.5, 0.6) is 5.75 Å². The highest BCUT2D eigenvalue weighted by Gasteiger charge is 2.42. The maximum atomic E-state index is 6.23. The minimum atomic E-state index is -0.0803. The first-order chi connectivity index (χ1) is 12.7. The number of hydrogen-bond donors (Lipinski definition) is 1. The van der Waals surface area contributed by atoms with Crippen LogP contribution in [-0.4, -0.2) is 17.2 Å². The molecule has 2 atom stereocenters. The lowest BCUT2D eigenvalue weighted by molar-refractivity contribution is 0.414. The van der Waals surface area contributed by atoms with Gasteiger partial charge in [0, 0.05) is 11.1 Å². The van der Waals surface area contributed by atoms with E-state index in [1.807, 2.05) is 54.6 Å². The van der Waals surface area contributed by atoms with E-state index >= 15 is 0 Å². The molecule has 0 unspecified atom stereocenters. The Labute approximate surface area is 166 Å². The number of thiophene rings is 1. The highest BCUT2D eigenvalue weighted by molar-refractivity contribution is 7.80. The third kappa shape index (κ3) is 3.05. The lowest BCUT2D eigenvalue weighted by Crippen LogP contribution is -2.29. The van der Waals surface area contributed by atoms with E-state index in [1.54, 1.807) is 24.6 Å². The van der Waals surface area contributed by atoms with Gasteiger partial charge in [-0.1, -0.05) is 29.8 Å². The van der Waals surface area contributed by atoms with Crippen LogP contribution in [0.4, 0.5) is 5.69 Å². The van der Waals surface area contributed by atoms with Crippen molar-refractivity contribution in [1.29, 1.82) is 0 Å². The molecule has 2 aromatic heterocycles. The number of anilines is 1. The zero-order chi connectivity index (χ0) is 18.1. The second kappa shape index (κ2) is 7.23. The van der Waals surface area contributed by atoms with Crippen LogP contribution in [0.15, 0.2) is 60.8 Å². The number of methoxy groups -OCH3 is 1. The lowest BCUT2D eigenvalue weighted by Gasteiger charge is -2.28. The summed E-state index contributed by atoms with van der Waals surface area (Å²) < 4.78 is 6.32. The summed E-state index contributed by atoms with van der Waals surface area (Å²) in [6.45, 7) is 0. The van der Waals surface area contributed by atoms with Gasteiger partial charge in [-0.2, -0.15) is 0 Å². The molecule has 1 saturated heterocycles. The van der Waals surface area contributed by atoms with Crippen LogP contribution in [-0.2, 0) is 0 Å². The normalized spacial score (nSPS) is 19.5. The molecule has 132 valence electrons. The minimum Gasteiger partial charge on any atom is -0.495 e. The molecule has 1 aromatic carbocycles. The van der Waals surface area contributed by atoms with Crippen LogP contribution in [0.1, 0.15) is 22.7 Å². The van der Waals surface area contributed by atoms with Crippen LogP contribution >= 0.6 is 35.2 Å². The summed E-state index contributed by atoms with van der Waals surface area (Å²) in [6.07, 6.45) is 1.80. The van der Waals surface area contributed by atoms with Gasteiger partial charge < -0.3 is 15.0 Å². The third-order valence-electron chi connectivity index (χ3n) is 4.33. The van der Waals surface area contributed by atoms with E-state index in [1.165, 1.54) is 0 Å². The van der Waals surface area contributed by atoms with Crippen molar-refractivity contribution in [2.45, 2.75) is 12.1 Å². The number of hydrogen-bond acceptors (Lipinski definition) is 4. The van der Waals surface area contributed by atoms with E-state index in [-0.39, 0.29) is 12.1 Å². The van der Waals surface area contributed by atoms with E-state index in [2.05, 4.69) is 15.2 Å². The van der Waals surface area contributed by atoms with Crippen molar-refractivity contribution < 1.29 is 4.74 Å². The maximum Gasteiger partial charge on any atom is 0.174 e. The molecule has 1 aliphatic rings. The van der Waals surface area contributed by atoms with Crippen molar-refractivity contribution >= 4 is 46.0 Å². The van der Waals surface area contributed by atoms with Crippen LogP contribution in [0.3, 0.4) is 0 Å². The molecule has 1 N–H and O–H groups in total. The van der Waals surface area contributed by atoms with Crippen molar-refractivity contribution in [1.82, 2.24) is 10.3 Å². The van der Waals surface area contributed by atoms with Gasteiger partial charge >= 0.3 is 0 Å². The van der Waals surface area contributed by atoms with Crippen molar-refractivity contribution in [2.24, 2.45) is 0 Å². The Bertz CT molecular complexity index is 931. The first-order valence-corrected chi connectivity index (χ1v) is 9.68. The number of nitrogens with zero attached hydrogens (tertiary/aromatic N) is 2. The molecule has 0 amide bonds. The molecule has 26 heavy (non-hydrogen) atoms. The molecule has 0 radical (unpaired) electrons. The fraction of sp³-hybridized carbons (Fsp3) is 0.158. The lowest BCUT2D eigenvalue weighted by atomic mass is 10.0. The molecule has 0 saturated carbocycles. The highest BCUT2D eigenvalue weighted by Crippen LogP contribution is 2.46.